The van der Waals surface area contributed by atoms with Gasteiger partial charge >= 0.3 is 0 Å². The van der Waals surface area contributed by atoms with Crippen molar-refractivity contribution in [1.29, 1.82) is 0 Å². The SMILES string of the molecule is OC1(O)CCCCC1.[Sn]. The predicted octanol–water partition coefficient (Wildman–Crippen LogP) is 0.251. The van der Waals surface area contributed by atoms with Gasteiger partial charge in [0.1, 0.15) is 0 Å². The second-order valence-electron chi connectivity index (χ2n) is 2.54. The van der Waals surface area contributed by atoms with Crippen LogP contribution in [0.15, 0.2) is 0 Å². The van der Waals surface area contributed by atoms with E-state index >= 15 is 0 Å². The van der Waals surface area contributed by atoms with Gasteiger partial charge in [-0.3, -0.25) is 0 Å². The van der Waals surface area contributed by atoms with Crippen molar-refractivity contribution in [1.82, 2.24) is 0 Å². The van der Waals surface area contributed by atoms with E-state index in [1.54, 1.807) is 0 Å². The van der Waals surface area contributed by atoms with Gasteiger partial charge in [-0.1, -0.05) is 6.42 Å². The van der Waals surface area contributed by atoms with E-state index in [4.69, 9.17) is 10.2 Å². The minimum Gasteiger partial charge on any atom is -0.366 e. The molecule has 0 heterocycles. The smallest absolute Gasteiger partial charge is 0.162 e. The quantitative estimate of drug-likeness (QED) is 0.466. The minimum atomic E-state index is -1.32. The van der Waals surface area contributed by atoms with Crippen molar-refractivity contribution in [2.24, 2.45) is 0 Å². The molecular formula is C6H12O2Sn. The first kappa shape index (κ1) is 9.72. The Bertz CT molecular complexity index is 75.1. The first-order chi connectivity index (χ1) is 3.71. The Labute approximate surface area is 72.2 Å². The van der Waals surface area contributed by atoms with Crippen LogP contribution in [0.5, 0.6) is 0 Å². The van der Waals surface area contributed by atoms with Gasteiger partial charge in [-0.2, -0.15) is 0 Å². The molecule has 0 aromatic heterocycles. The minimum absolute atomic E-state index is 0. The largest absolute Gasteiger partial charge is 0.366 e. The maximum absolute atomic E-state index is 8.93. The molecule has 1 aliphatic carbocycles. The summed E-state index contributed by atoms with van der Waals surface area (Å²) in [7, 11) is 0. The summed E-state index contributed by atoms with van der Waals surface area (Å²) in [5, 5.41) is 17.9. The Kier molecular flexibility index (Phi) is 4.08. The molecule has 0 amide bonds. The number of rotatable bonds is 0. The zero-order valence-corrected chi connectivity index (χ0v) is 8.28. The van der Waals surface area contributed by atoms with Crippen molar-refractivity contribution in [3.05, 3.63) is 0 Å². The normalized spacial score (nSPS) is 24.7. The van der Waals surface area contributed by atoms with Crippen molar-refractivity contribution in [3.8, 4) is 0 Å². The molecular weight excluding hydrogens is 223 g/mol. The molecule has 1 saturated carbocycles. The van der Waals surface area contributed by atoms with E-state index in [-0.39, 0.29) is 23.9 Å². The molecule has 52 valence electrons. The van der Waals surface area contributed by atoms with Crippen LogP contribution in [0.25, 0.3) is 0 Å². The third-order valence-electron chi connectivity index (χ3n) is 1.65. The van der Waals surface area contributed by atoms with Crippen molar-refractivity contribution in [2.75, 3.05) is 0 Å². The van der Waals surface area contributed by atoms with Crippen LogP contribution in [-0.4, -0.2) is 39.9 Å². The van der Waals surface area contributed by atoms with Crippen molar-refractivity contribution in [3.63, 3.8) is 0 Å². The average molecular weight is 235 g/mol. The molecule has 4 radical (unpaired) electrons. The standard InChI is InChI=1S/C6H12O2.Sn/c7-6(8)4-2-1-3-5-6;/h7-8H,1-5H2;. The molecule has 0 aromatic rings. The van der Waals surface area contributed by atoms with Gasteiger partial charge < -0.3 is 10.2 Å². The van der Waals surface area contributed by atoms with Crippen molar-refractivity contribution >= 4 is 23.9 Å². The molecule has 1 rings (SSSR count). The Morgan fingerprint density at radius 3 is 1.56 bits per heavy atom. The Morgan fingerprint density at radius 1 is 0.889 bits per heavy atom. The fourth-order valence-corrected chi connectivity index (χ4v) is 1.12. The summed E-state index contributed by atoms with van der Waals surface area (Å²) >= 11 is 0. The summed E-state index contributed by atoms with van der Waals surface area (Å²) in [4.78, 5) is 0. The molecule has 0 atom stereocenters. The summed E-state index contributed by atoms with van der Waals surface area (Å²) in [6, 6.07) is 0. The van der Waals surface area contributed by atoms with Gasteiger partial charge in [0.15, 0.2) is 5.79 Å². The van der Waals surface area contributed by atoms with E-state index in [1.165, 1.54) is 0 Å². The molecule has 9 heavy (non-hydrogen) atoms. The zero-order chi connectivity index (χ0) is 6.04. The van der Waals surface area contributed by atoms with Gasteiger partial charge in [-0.15, -0.1) is 0 Å². The molecule has 0 aromatic carbocycles. The number of aliphatic hydroxyl groups is 2. The van der Waals surface area contributed by atoms with Gasteiger partial charge in [0, 0.05) is 36.7 Å². The molecule has 0 saturated heterocycles. The number of hydrogen-bond acceptors (Lipinski definition) is 2. The Balaban J connectivity index is 0.000000640. The van der Waals surface area contributed by atoms with Crippen LogP contribution in [0.2, 0.25) is 0 Å². The average Bonchev–Trinajstić information content (AvgIpc) is 1.65. The van der Waals surface area contributed by atoms with Crippen LogP contribution in [0.4, 0.5) is 0 Å². The summed E-state index contributed by atoms with van der Waals surface area (Å²) in [5.41, 5.74) is 0. The van der Waals surface area contributed by atoms with Gasteiger partial charge in [0.05, 0.1) is 0 Å². The first-order valence-corrected chi connectivity index (χ1v) is 3.15. The maximum Gasteiger partial charge on any atom is 0.162 e. The third-order valence-corrected chi connectivity index (χ3v) is 1.65. The van der Waals surface area contributed by atoms with Gasteiger partial charge in [-0.05, 0) is 12.8 Å². The molecule has 2 N–H and O–H groups in total. The van der Waals surface area contributed by atoms with E-state index in [1.807, 2.05) is 0 Å². The van der Waals surface area contributed by atoms with Crippen LogP contribution in [-0.2, 0) is 0 Å². The molecule has 0 unspecified atom stereocenters. The monoisotopic (exact) mass is 236 g/mol. The number of hydrogen-bond donors (Lipinski definition) is 2. The van der Waals surface area contributed by atoms with Crippen LogP contribution >= 0.6 is 0 Å². The predicted molar refractivity (Wildman–Crippen MR) is 36.0 cm³/mol. The second kappa shape index (κ2) is 3.78. The topological polar surface area (TPSA) is 40.5 Å². The molecule has 1 fully saturated rings. The fourth-order valence-electron chi connectivity index (χ4n) is 1.12. The first-order valence-electron chi connectivity index (χ1n) is 3.15. The van der Waals surface area contributed by atoms with Crippen molar-refractivity contribution < 1.29 is 10.2 Å². The van der Waals surface area contributed by atoms with E-state index < -0.39 is 5.79 Å². The Hall–Kier alpha value is 0.719. The zero-order valence-electron chi connectivity index (χ0n) is 5.43. The molecule has 1 aliphatic rings. The molecule has 2 nitrogen and oxygen atoms in total. The Morgan fingerprint density at radius 2 is 1.33 bits per heavy atom. The summed E-state index contributed by atoms with van der Waals surface area (Å²) in [5.74, 6) is -1.32. The fraction of sp³-hybridized carbons (Fsp3) is 1.00. The van der Waals surface area contributed by atoms with Crippen LogP contribution < -0.4 is 0 Å². The maximum atomic E-state index is 8.93. The van der Waals surface area contributed by atoms with Gasteiger partial charge in [-0.25, -0.2) is 0 Å². The molecule has 3 heteroatoms. The molecule has 0 bridgehead atoms. The second-order valence-corrected chi connectivity index (χ2v) is 2.54. The van der Waals surface area contributed by atoms with E-state index in [9.17, 15) is 0 Å². The summed E-state index contributed by atoms with van der Waals surface area (Å²) < 4.78 is 0. The van der Waals surface area contributed by atoms with Crippen LogP contribution in [0.1, 0.15) is 32.1 Å². The van der Waals surface area contributed by atoms with E-state index in [0.29, 0.717) is 12.8 Å². The van der Waals surface area contributed by atoms with Crippen LogP contribution in [0.3, 0.4) is 0 Å². The van der Waals surface area contributed by atoms with E-state index in [2.05, 4.69) is 0 Å². The summed E-state index contributed by atoms with van der Waals surface area (Å²) in [6.07, 6.45) is 4.21. The van der Waals surface area contributed by atoms with Gasteiger partial charge in [0.25, 0.3) is 0 Å². The summed E-state index contributed by atoms with van der Waals surface area (Å²) in [6.45, 7) is 0. The molecule has 0 aliphatic heterocycles. The third kappa shape index (κ3) is 3.43. The van der Waals surface area contributed by atoms with E-state index in [0.717, 1.165) is 19.3 Å². The van der Waals surface area contributed by atoms with Crippen molar-refractivity contribution in [2.45, 2.75) is 37.9 Å². The molecule has 0 spiro atoms. The van der Waals surface area contributed by atoms with Crippen LogP contribution in [0, 0.1) is 0 Å². The van der Waals surface area contributed by atoms with Gasteiger partial charge in [0.2, 0.25) is 0 Å².